The van der Waals surface area contributed by atoms with Gasteiger partial charge in [-0.15, -0.1) is 0 Å². The van der Waals surface area contributed by atoms with Gasteiger partial charge in [-0.1, -0.05) is 120 Å². The molecule has 0 aliphatic carbocycles. The van der Waals surface area contributed by atoms with Gasteiger partial charge in [0.25, 0.3) is 0 Å². The van der Waals surface area contributed by atoms with Crippen LogP contribution in [-0.4, -0.2) is 32.7 Å². The maximum absolute atomic E-state index is 6.74. The smallest absolute Gasteiger partial charge is 0.114 e. The van der Waals surface area contributed by atoms with Gasteiger partial charge in [-0.2, -0.15) is 0 Å². The highest BCUT2D eigenvalue weighted by Crippen LogP contribution is 2.43. The summed E-state index contributed by atoms with van der Waals surface area (Å²) in [5, 5.41) is 4.83. The van der Waals surface area contributed by atoms with Crippen molar-refractivity contribution in [3.8, 4) is 33.6 Å². The van der Waals surface area contributed by atoms with E-state index in [0.717, 1.165) is 61.2 Å². The van der Waals surface area contributed by atoms with Crippen molar-refractivity contribution in [2.75, 3.05) is 0 Å². The lowest BCUT2D eigenvalue weighted by molar-refractivity contribution is 1.17. The van der Waals surface area contributed by atoms with Gasteiger partial charge in [-0.05, 0) is 70.8 Å². The molecule has 9 rings (SSSR count). The van der Waals surface area contributed by atoms with Crippen molar-refractivity contribution in [2.24, 2.45) is 0 Å². The number of para-hydroxylation sites is 2. The molecule has 47 heavy (non-hydrogen) atoms. The minimum Gasteiger partial charge on any atom is -0.309 e. The number of benzene rings is 7. The molecule has 6 radical (unpaired) electrons. The number of rotatable bonds is 4. The summed E-state index contributed by atoms with van der Waals surface area (Å²) in [5.41, 5.74) is 13.0. The lowest BCUT2D eigenvalue weighted by atomic mass is 9.84. The van der Waals surface area contributed by atoms with Gasteiger partial charge in [0.15, 0.2) is 0 Å². The van der Waals surface area contributed by atoms with E-state index >= 15 is 0 Å². The van der Waals surface area contributed by atoms with E-state index in [4.69, 9.17) is 23.5 Å². The fourth-order valence-electron chi connectivity index (χ4n) is 7.26. The van der Waals surface area contributed by atoms with Crippen molar-refractivity contribution in [1.29, 1.82) is 0 Å². The van der Waals surface area contributed by atoms with E-state index in [2.05, 4.69) is 118 Å². The van der Waals surface area contributed by atoms with Gasteiger partial charge in [-0.25, -0.2) is 0 Å². The number of fused-ring (bicyclic) bond motifs is 7. The van der Waals surface area contributed by atoms with Crippen LogP contribution in [0.1, 0.15) is 0 Å². The van der Waals surface area contributed by atoms with Crippen LogP contribution in [0.3, 0.4) is 0 Å². The van der Waals surface area contributed by atoms with Gasteiger partial charge in [0.2, 0.25) is 0 Å². The zero-order chi connectivity index (χ0) is 31.6. The molecule has 7 aromatic carbocycles. The predicted molar refractivity (Wildman–Crippen MR) is 202 cm³/mol. The third-order valence-electron chi connectivity index (χ3n) is 9.29. The average molecular weight is 590 g/mol. The fraction of sp³-hybridized carbons (Fsp3) is 0. The Morgan fingerprint density at radius 3 is 1.70 bits per heavy atom. The summed E-state index contributed by atoms with van der Waals surface area (Å²) in [5.74, 6) is 0. The molecule has 0 bridgehead atoms. The largest absolute Gasteiger partial charge is 0.309 e. The molecule has 2 heterocycles. The zero-order valence-electron chi connectivity index (χ0n) is 25.6. The first-order chi connectivity index (χ1) is 23.0. The fourth-order valence-corrected chi connectivity index (χ4v) is 7.26. The highest BCUT2D eigenvalue weighted by molar-refractivity contribution is 6.37. The monoisotopic (exact) mass is 590 g/mol. The van der Waals surface area contributed by atoms with Crippen LogP contribution < -0.4 is 16.4 Å². The van der Waals surface area contributed by atoms with Crippen molar-refractivity contribution < 1.29 is 0 Å². The van der Waals surface area contributed by atoms with Gasteiger partial charge >= 0.3 is 0 Å². The second-order valence-corrected chi connectivity index (χ2v) is 12.1. The third kappa shape index (κ3) is 4.38. The van der Waals surface area contributed by atoms with Crippen molar-refractivity contribution >= 4 is 83.5 Å². The van der Waals surface area contributed by atoms with Crippen LogP contribution in [0.25, 0.3) is 77.2 Å². The van der Waals surface area contributed by atoms with Gasteiger partial charge in [-0.3, -0.25) is 0 Å². The van der Waals surface area contributed by atoms with E-state index in [1.54, 1.807) is 0 Å². The molecule has 0 aliphatic heterocycles. The Bertz CT molecular complexity index is 2670. The highest BCUT2D eigenvalue weighted by Gasteiger charge is 2.21. The summed E-state index contributed by atoms with van der Waals surface area (Å²) in [7, 11) is 19.0. The predicted octanol–water partition coefficient (Wildman–Crippen LogP) is 7.60. The summed E-state index contributed by atoms with van der Waals surface area (Å²) < 4.78 is 4.71. The summed E-state index contributed by atoms with van der Waals surface area (Å²) >= 11 is 0. The summed E-state index contributed by atoms with van der Waals surface area (Å²) in [6.45, 7) is 0. The number of aromatic nitrogens is 2. The molecule has 0 amide bonds. The van der Waals surface area contributed by atoms with Crippen LogP contribution in [0.4, 0.5) is 0 Å². The van der Waals surface area contributed by atoms with Gasteiger partial charge < -0.3 is 9.13 Å². The Morgan fingerprint density at radius 2 is 0.979 bits per heavy atom. The van der Waals surface area contributed by atoms with Crippen molar-refractivity contribution in [3.05, 3.63) is 152 Å². The third-order valence-corrected chi connectivity index (χ3v) is 9.29. The maximum atomic E-state index is 6.74. The maximum Gasteiger partial charge on any atom is 0.114 e. The molecule has 0 unspecified atom stereocenters. The van der Waals surface area contributed by atoms with E-state index in [1.807, 2.05) is 42.5 Å². The zero-order valence-corrected chi connectivity index (χ0v) is 25.6. The van der Waals surface area contributed by atoms with Crippen LogP contribution >= 0.6 is 0 Å². The van der Waals surface area contributed by atoms with E-state index in [-0.39, 0.29) is 0 Å². The molecule has 0 aliphatic rings. The van der Waals surface area contributed by atoms with Crippen LogP contribution in [0.5, 0.6) is 0 Å². The molecule has 0 spiro atoms. The molecule has 0 saturated carbocycles. The molecule has 2 nitrogen and oxygen atoms in total. The molecule has 9 aromatic rings. The van der Waals surface area contributed by atoms with Crippen LogP contribution in [0, 0.1) is 0 Å². The molecule has 2 aromatic heterocycles. The Kier molecular flexibility index (Phi) is 6.30. The lowest BCUT2D eigenvalue weighted by Crippen LogP contribution is -2.10. The molecular weight excluding hydrogens is 565 g/mol. The molecular formula is C42H25B3N2. The first-order valence-corrected chi connectivity index (χ1v) is 15.7. The molecule has 212 valence electrons. The highest BCUT2D eigenvalue weighted by atomic mass is 15.0. The second-order valence-electron chi connectivity index (χ2n) is 12.1. The first-order valence-electron chi connectivity index (χ1n) is 15.7. The number of hydrogen-bond acceptors (Lipinski definition) is 0. The van der Waals surface area contributed by atoms with Crippen LogP contribution in [0.15, 0.2) is 152 Å². The summed E-state index contributed by atoms with van der Waals surface area (Å²) in [4.78, 5) is 0. The van der Waals surface area contributed by atoms with E-state index < -0.39 is 0 Å². The van der Waals surface area contributed by atoms with Gasteiger partial charge in [0.05, 0.1) is 22.1 Å². The molecule has 0 atom stereocenters. The van der Waals surface area contributed by atoms with E-state index in [9.17, 15) is 0 Å². The first kappa shape index (κ1) is 27.6. The second kappa shape index (κ2) is 10.7. The summed E-state index contributed by atoms with van der Waals surface area (Å²) in [6, 6.07) is 52.7. The Morgan fingerprint density at radius 1 is 0.362 bits per heavy atom. The molecule has 0 N–H and O–H groups in total. The van der Waals surface area contributed by atoms with Crippen molar-refractivity contribution in [1.82, 2.24) is 9.13 Å². The van der Waals surface area contributed by atoms with E-state index in [0.29, 0.717) is 10.9 Å². The number of hydrogen-bond donors (Lipinski definition) is 0. The van der Waals surface area contributed by atoms with Crippen molar-refractivity contribution in [3.63, 3.8) is 0 Å². The minimum atomic E-state index is 0.704. The normalized spacial score (nSPS) is 11.7. The Balaban J connectivity index is 1.35. The summed E-state index contributed by atoms with van der Waals surface area (Å²) in [6.07, 6.45) is 0. The number of nitrogens with zero attached hydrogens (tertiary/aromatic N) is 2. The quantitative estimate of drug-likeness (QED) is 0.187. The molecule has 5 heteroatoms. The van der Waals surface area contributed by atoms with E-state index in [1.165, 1.54) is 21.5 Å². The Labute approximate surface area is 277 Å². The Hall–Kier alpha value is -5.67. The van der Waals surface area contributed by atoms with Gasteiger partial charge in [0.1, 0.15) is 23.5 Å². The standard InChI is InChI=1S/C42H25B3N2/c43-29-10-6-8-26(22-29)27-16-18-35-40(24-27)46(31-12-2-1-3-13-31)38-20-21-39-41(42(35)38)34-14-4-5-15-37(34)47(39)32-17-19-33(36(45)25-32)28-9-7-11-30(44)23-28/h1-25H. The topological polar surface area (TPSA) is 9.86 Å². The average Bonchev–Trinajstić information content (AvgIpc) is 3.61. The SMILES string of the molecule is [B]c1cccc(-c2ccc3c4c5c6ccccc6n(-c6ccc(-c7cccc([B])c7)c([B])c6)c5ccc4n(-c4ccccc4)c3c2)c1. The van der Waals surface area contributed by atoms with Crippen molar-refractivity contribution in [2.45, 2.75) is 0 Å². The van der Waals surface area contributed by atoms with Crippen LogP contribution in [-0.2, 0) is 0 Å². The minimum absolute atomic E-state index is 0.704. The molecule has 0 saturated heterocycles. The lowest BCUT2D eigenvalue weighted by Gasteiger charge is -2.13. The van der Waals surface area contributed by atoms with Gasteiger partial charge in [0, 0.05) is 32.9 Å². The van der Waals surface area contributed by atoms with Crippen LogP contribution in [0.2, 0.25) is 0 Å². The molecule has 0 fully saturated rings.